The van der Waals surface area contributed by atoms with Crippen LogP contribution in [0.2, 0.25) is 0 Å². The standard InChI is InChI=1S/C15H15F5O3/c16-13(17)12(21)8-4-7(9-5-1-2-6(3-5)10(8)9)11(12)23-14(13,22)15(18,19)20/h1-2,5-11,21-22H,3-4H2. The third-order valence-corrected chi connectivity index (χ3v) is 7.07. The van der Waals surface area contributed by atoms with Crippen LogP contribution in [0, 0.1) is 35.5 Å². The van der Waals surface area contributed by atoms with Crippen LogP contribution in [0.4, 0.5) is 22.0 Å². The number of fused-ring (bicyclic) bond motifs is 12. The molecule has 3 saturated carbocycles. The monoisotopic (exact) mass is 338 g/mol. The van der Waals surface area contributed by atoms with E-state index in [4.69, 9.17) is 0 Å². The summed E-state index contributed by atoms with van der Waals surface area (Å²) in [7, 11) is 0. The lowest BCUT2D eigenvalue weighted by Crippen LogP contribution is -2.66. The third kappa shape index (κ3) is 1.23. The molecule has 1 saturated heterocycles. The van der Waals surface area contributed by atoms with E-state index in [9.17, 15) is 32.2 Å². The van der Waals surface area contributed by atoms with E-state index in [-0.39, 0.29) is 30.1 Å². The molecule has 8 heteroatoms. The molecule has 3 nitrogen and oxygen atoms in total. The van der Waals surface area contributed by atoms with E-state index >= 15 is 0 Å². The van der Waals surface area contributed by atoms with Crippen molar-refractivity contribution in [3.05, 3.63) is 12.2 Å². The molecule has 4 aliphatic carbocycles. The number of ether oxygens (including phenoxy) is 1. The maximum absolute atomic E-state index is 14.6. The largest absolute Gasteiger partial charge is 0.449 e. The Morgan fingerprint density at radius 1 is 1.00 bits per heavy atom. The first-order valence-corrected chi connectivity index (χ1v) is 7.79. The van der Waals surface area contributed by atoms with Crippen LogP contribution < -0.4 is 0 Å². The van der Waals surface area contributed by atoms with Gasteiger partial charge in [-0.25, -0.2) is 0 Å². The second kappa shape index (κ2) is 3.60. The van der Waals surface area contributed by atoms with Crippen molar-refractivity contribution >= 4 is 0 Å². The molecule has 5 aliphatic rings. The number of hydrogen-bond acceptors (Lipinski definition) is 3. The highest BCUT2D eigenvalue weighted by Gasteiger charge is 2.91. The van der Waals surface area contributed by atoms with Crippen molar-refractivity contribution in [3.8, 4) is 0 Å². The number of hydrogen-bond donors (Lipinski definition) is 2. The van der Waals surface area contributed by atoms with E-state index in [1.807, 2.05) is 12.2 Å². The van der Waals surface area contributed by atoms with Gasteiger partial charge < -0.3 is 14.9 Å². The van der Waals surface area contributed by atoms with Gasteiger partial charge in [0, 0.05) is 5.92 Å². The number of halogens is 5. The van der Waals surface area contributed by atoms with Gasteiger partial charge in [0.25, 0.3) is 0 Å². The summed E-state index contributed by atoms with van der Waals surface area (Å²) >= 11 is 0. The number of aliphatic hydroxyl groups is 2. The summed E-state index contributed by atoms with van der Waals surface area (Å²) in [6, 6.07) is 0. The number of allylic oxidation sites excluding steroid dienone is 2. The van der Waals surface area contributed by atoms with Crippen molar-refractivity contribution < 1.29 is 36.9 Å². The molecule has 4 bridgehead atoms. The minimum Gasteiger partial charge on any atom is -0.380 e. The SMILES string of the molecule is OC12C3CC(C4C5C=CC(C5)C43)C1OC(O)(C(F)(F)F)C2(F)F. The van der Waals surface area contributed by atoms with Gasteiger partial charge in [-0.05, 0) is 42.4 Å². The second-order valence-corrected chi connectivity index (χ2v) is 7.69. The molecule has 4 fully saturated rings. The van der Waals surface area contributed by atoms with Crippen LogP contribution in [0.15, 0.2) is 12.2 Å². The van der Waals surface area contributed by atoms with Crippen LogP contribution in [0.1, 0.15) is 12.8 Å². The molecule has 1 aliphatic heterocycles. The molecular weight excluding hydrogens is 323 g/mol. The van der Waals surface area contributed by atoms with Crippen molar-refractivity contribution in [3.63, 3.8) is 0 Å². The highest BCUT2D eigenvalue weighted by Crippen LogP contribution is 2.75. The second-order valence-electron chi connectivity index (χ2n) is 7.69. The fraction of sp³-hybridized carbons (Fsp3) is 0.867. The summed E-state index contributed by atoms with van der Waals surface area (Å²) < 4.78 is 73.0. The van der Waals surface area contributed by atoms with Gasteiger partial charge >= 0.3 is 17.9 Å². The van der Waals surface area contributed by atoms with Gasteiger partial charge in [0.2, 0.25) is 0 Å². The van der Waals surface area contributed by atoms with Crippen molar-refractivity contribution in [2.75, 3.05) is 0 Å². The highest BCUT2D eigenvalue weighted by atomic mass is 19.4. The van der Waals surface area contributed by atoms with Crippen molar-refractivity contribution in [2.24, 2.45) is 35.5 Å². The van der Waals surface area contributed by atoms with Crippen LogP contribution in [0.25, 0.3) is 0 Å². The quantitative estimate of drug-likeness (QED) is 0.404. The highest BCUT2D eigenvalue weighted by molar-refractivity contribution is 5.31. The van der Waals surface area contributed by atoms with Gasteiger partial charge in [-0.3, -0.25) is 0 Å². The molecule has 0 aromatic carbocycles. The van der Waals surface area contributed by atoms with Gasteiger partial charge in [0.15, 0.2) is 5.60 Å². The fourth-order valence-electron chi connectivity index (χ4n) is 6.37. The van der Waals surface area contributed by atoms with Crippen LogP contribution in [0.3, 0.4) is 0 Å². The van der Waals surface area contributed by atoms with E-state index in [2.05, 4.69) is 4.74 Å². The molecule has 23 heavy (non-hydrogen) atoms. The zero-order valence-electron chi connectivity index (χ0n) is 11.8. The van der Waals surface area contributed by atoms with Gasteiger partial charge in [-0.2, -0.15) is 22.0 Å². The Balaban J connectivity index is 1.63. The lowest BCUT2D eigenvalue weighted by Gasteiger charge is -2.44. The molecule has 0 radical (unpaired) electrons. The lowest BCUT2D eigenvalue weighted by molar-refractivity contribution is -0.415. The van der Waals surface area contributed by atoms with Crippen LogP contribution in [-0.2, 0) is 4.74 Å². The molecule has 0 aromatic rings. The predicted octanol–water partition coefficient (Wildman–Crippen LogP) is 2.09. The Morgan fingerprint density at radius 3 is 2.22 bits per heavy atom. The molecule has 0 spiro atoms. The maximum atomic E-state index is 14.6. The maximum Gasteiger partial charge on any atom is 0.449 e. The summed E-state index contributed by atoms with van der Waals surface area (Å²) in [5, 5.41) is 20.3. The first-order chi connectivity index (χ1) is 10.5. The molecular formula is C15H15F5O3. The smallest absolute Gasteiger partial charge is 0.380 e. The molecule has 9 unspecified atom stereocenters. The molecule has 9 atom stereocenters. The summed E-state index contributed by atoms with van der Waals surface area (Å²) in [5.74, 6) is -11.1. The molecule has 1 heterocycles. The van der Waals surface area contributed by atoms with E-state index in [1.165, 1.54) is 0 Å². The Hall–Kier alpha value is -0.730. The lowest BCUT2D eigenvalue weighted by atomic mass is 9.64. The van der Waals surface area contributed by atoms with E-state index in [1.54, 1.807) is 0 Å². The van der Waals surface area contributed by atoms with Crippen molar-refractivity contribution in [1.82, 2.24) is 0 Å². The van der Waals surface area contributed by atoms with Crippen LogP contribution >= 0.6 is 0 Å². The first-order valence-electron chi connectivity index (χ1n) is 7.79. The molecule has 0 amide bonds. The topological polar surface area (TPSA) is 49.7 Å². The summed E-state index contributed by atoms with van der Waals surface area (Å²) in [5.41, 5.74) is -2.96. The third-order valence-electron chi connectivity index (χ3n) is 7.07. The number of rotatable bonds is 0. The predicted molar refractivity (Wildman–Crippen MR) is 65.1 cm³/mol. The van der Waals surface area contributed by atoms with E-state index in [0.29, 0.717) is 0 Å². The van der Waals surface area contributed by atoms with E-state index in [0.717, 1.165) is 6.42 Å². The van der Waals surface area contributed by atoms with Gasteiger partial charge in [-0.15, -0.1) is 0 Å². The summed E-state index contributed by atoms with van der Waals surface area (Å²) in [6.07, 6.45) is -2.40. The normalized spacial score (nSPS) is 61.3. The van der Waals surface area contributed by atoms with Gasteiger partial charge in [0.05, 0.1) is 6.10 Å². The average Bonchev–Trinajstić information content (AvgIpc) is 3.17. The molecule has 128 valence electrons. The van der Waals surface area contributed by atoms with E-state index < -0.39 is 41.4 Å². The van der Waals surface area contributed by atoms with Crippen LogP contribution in [0.5, 0.6) is 0 Å². The van der Waals surface area contributed by atoms with Gasteiger partial charge in [-0.1, -0.05) is 12.2 Å². The van der Waals surface area contributed by atoms with Crippen LogP contribution in [-0.4, -0.2) is 39.8 Å². The fourth-order valence-corrected chi connectivity index (χ4v) is 6.37. The summed E-state index contributed by atoms with van der Waals surface area (Å²) in [4.78, 5) is 0. The first kappa shape index (κ1) is 14.6. The Morgan fingerprint density at radius 2 is 1.61 bits per heavy atom. The van der Waals surface area contributed by atoms with Crippen molar-refractivity contribution in [2.45, 2.75) is 42.4 Å². The Labute approximate surface area is 128 Å². The minimum atomic E-state index is -5.68. The molecule has 0 aromatic heterocycles. The number of alkyl halides is 5. The summed E-state index contributed by atoms with van der Waals surface area (Å²) in [6.45, 7) is 0. The average molecular weight is 338 g/mol. The minimum absolute atomic E-state index is 0.0281. The Kier molecular flexibility index (Phi) is 2.29. The molecule has 2 N–H and O–H groups in total. The molecule has 5 rings (SSSR count). The van der Waals surface area contributed by atoms with Crippen molar-refractivity contribution in [1.29, 1.82) is 0 Å². The Bertz CT molecular complexity index is 619. The zero-order valence-corrected chi connectivity index (χ0v) is 11.8. The zero-order chi connectivity index (χ0) is 16.6. The van der Waals surface area contributed by atoms with Gasteiger partial charge in [0.1, 0.15) is 0 Å².